The smallest absolute Gasteiger partial charge is 0.251 e. The fourth-order valence-corrected chi connectivity index (χ4v) is 4.95. The second kappa shape index (κ2) is 9.79. The lowest BCUT2D eigenvalue weighted by molar-refractivity contribution is -0.122. The molecule has 0 radical (unpaired) electrons. The predicted octanol–water partition coefficient (Wildman–Crippen LogP) is 3.25. The number of H-pyrrole nitrogens is 1. The molecule has 4 N–H and O–H groups in total. The summed E-state index contributed by atoms with van der Waals surface area (Å²) in [5.41, 5.74) is 9.03. The van der Waals surface area contributed by atoms with Crippen LogP contribution in [0.2, 0.25) is 0 Å². The number of primary amides is 1. The van der Waals surface area contributed by atoms with Gasteiger partial charge in [-0.2, -0.15) is 5.10 Å². The SMILES string of the molecule is NC(=O)C(C1=CCCC=C1F)N1CCC[C@@H](NC(=O)c2ccc3[nH]nc(-c4ccncc4)c3c2)C1. The molecule has 2 atom stereocenters. The Morgan fingerprint density at radius 3 is 2.74 bits per heavy atom. The minimum absolute atomic E-state index is 0.186. The molecule has 180 valence electrons. The lowest BCUT2D eigenvalue weighted by atomic mass is 9.94. The van der Waals surface area contributed by atoms with Crippen molar-refractivity contribution in [3.05, 3.63) is 71.8 Å². The summed E-state index contributed by atoms with van der Waals surface area (Å²) in [6.45, 7) is 1.03. The Bertz CT molecular complexity index is 1320. The molecule has 2 aliphatic rings. The van der Waals surface area contributed by atoms with Crippen molar-refractivity contribution in [2.24, 2.45) is 5.73 Å². The third-order valence-corrected chi connectivity index (χ3v) is 6.63. The molecule has 8 nitrogen and oxygen atoms in total. The zero-order chi connectivity index (χ0) is 24.4. The number of halogens is 1. The highest BCUT2D eigenvalue weighted by atomic mass is 19.1. The molecule has 35 heavy (non-hydrogen) atoms. The van der Waals surface area contributed by atoms with Crippen LogP contribution in [-0.2, 0) is 4.79 Å². The molecule has 3 aromatic rings. The summed E-state index contributed by atoms with van der Waals surface area (Å²) in [6, 6.07) is 8.13. The highest BCUT2D eigenvalue weighted by Gasteiger charge is 2.34. The minimum Gasteiger partial charge on any atom is -0.368 e. The lowest BCUT2D eigenvalue weighted by Crippen LogP contribution is -2.55. The highest BCUT2D eigenvalue weighted by Crippen LogP contribution is 2.29. The average Bonchev–Trinajstić information content (AvgIpc) is 3.29. The van der Waals surface area contributed by atoms with Crippen molar-refractivity contribution < 1.29 is 14.0 Å². The Labute approximate surface area is 202 Å². The Kier molecular flexibility index (Phi) is 6.41. The van der Waals surface area contributed by atoms with Gasteiger partial charge in [-0.15, -0.1) is 0 Å². The zero-order valence-electron chi connectivity index (χ0n) is 19.2. The number of hydrogen-bond donors (Lipinski definition) is 3. The number of aromatic nitrogens is 3. The number of fused-ring (bicyclic) bond motifs is 1. The van der Waals surface area contributed by atoms with Gasteiger partial charge in [0.05, 0.1) is 5.52 Å². The van der Waals surface area contributed by atoms with E-state index in [9.17, 15) is 14.0 Å². The van der Waals surface area contributed by atoms with Crippen molar-refractivity contribution in [2.75, 3.05) is 13.1 Å². The molecule has 1 aliphatic carbocycles. The largest absolute Gasteiger partial charge is 0.368 e. The molecule has 0 bridgehead atoms. The quantitative estimate of drug-likeness (QED) is 0.507. The number of rotatable bonds is 6. The fourth-order valence-electron chi connectivity index (χ4n) is 4.95. The summed E-state index contributed by atoms with van der Waals surface area (Å²) in [4.78, 5) is 31.4. The van der Waals surface area contributed by atoms with E-state index in [1.54, 1.807) is 24.5 Å². The van der Waals surface area contributed by atoms with E-state index in [-0.39, 0.29) is 17.8 Å². The van der Waals surface area contributed by atoms with Crippen LogP contribution < -0.4 is 11.1 Å². The van der Waals surface area contributed by atoms with Crippen LogP contribution in [0.3, 0.4) is 0 Å². The number of amides is 2. The van der Waals surface area contributed by atoms with Crippen molar-refractivity contribution >= 4 is 22.7 Å². The Morgan fingerprint density at radius 2 is 1.97 bits per heavy atom. The van der Waals surface area contributed by atoms with E-state index in [4.69, 9.17) is 5.73 Å². The first-order valence-electron chi connectivity index (χ1n) is 11.8. The van der Waals surface area contributed by atoms with E-state index in [1.165, 1.54) is 6.08 Å². The molecule has 3 heterocycles. The van der Waals surface area contributed by atoms with Gasteiger partial charge in [-0.1, -0.05) is 6.08 Å². The number of nitrogens with one attached hydrogen (secondary N) is 2. The molecule has 0 spiro atoms. The van der Waals surface area contributed by atoms with Gasteiger partial charge in [-0.05, 0) is 68.6 Å². The summed E-state index contributed by atoms with van der Waals surface area (Å²) < 4.78 is 14.5. The van der Waals surface area contributed by atoms with Crippen LogP contribution in [0, 0.1) is 0 Å². The molecule has 2 aromatic heterocycles. The Hall–Kier alpha value is -3.85. The second-order valence-electron chi connectivity index (χ2n) is 8.97. The molecule has 1 aromatic carbocycles. The van der Waals surface area contributed by atoms with Gasteiger partial charge in [-0.25, -0.2) is 4.39 Å². The second-order valence-corrected chi connectivity index (χ2v) is 8.97. The number of pyridine rings is 1. The number of nitrogens with zero attached hydrogens (tertiary/aromatic N) is 3. The molecule has 1 fully saturated rings. The molecule has 0 saturated carbocycles. The van der Waals surface area contributed by atoms with Crippen LogP contribution in [-0.4, -0.2) is 57.1 Å². The number of benzene rings is 1. The molecular weight excluding hydrogens is 447 g/mol. The topological polar surface area (TPSA) is 117 Å². The van der Waals surface area contributed by atoms with Crippen molar-refractivity contribution in [3.8, 4) is 11.3 Å². The monoisotopic (exact) mass is 474 g/mol. The van der Waals surface area contributed by atoms with Gasteiger partial charge in [0, 0.05) is 47.1 Å². The first-order valence-corrected chi connectivity index (χ1v) is 11.8. The van der Waals surface area contributed by atoms with Crippen molar-refractivity contribution in [1.82, 2.24) is 25.4 Å². The van der Waals surface area contributed by atoms with Crippen LogP contribution in [0.1, 0.15) is 36.0 Å². The normalized spacial score (nSPS) is 19.6. The first kappa shape index (κ1) is 22.9. The average molecular weight is 475 g/mol. The number of likely N-dealkylation sites (tertiary alicyclic amines) is 1. The molecule has 2 amide bonds. The number of nitrogens with two attached hydrogens (primary N) is 1. The summed E-state index contributed by atoms with van der Waals surface area (Å²) >= 11 is 0. The van der Waals surface area contributed by atoms with E-state index >= 15 is 0 Å². The molecule has 1 saturated heterocycles. The van der Waals surface area contributed by atoms with Gasteiger partial charge in [0.25, 0.3) is 5.91 Å². The zero-order valence-corrected chi connectivity index (χ0v) is 19.2. The third kappa shape index (κ3) is 4.72. The van der Waals surface area contributed by atoms with Crippen LogP contribution >= 0.6 is 0 Å². The predicted molar refractivity (Wildman–Crippen MR) is 131 cm³/mol. The first-order chi connectivity index (χ1) is 17.0. The highest BCUT2D eigenvalue weighted by molar-refractivity contribution is 6.01. The van der Waals surface area contributed by atoms with Gasteiger partial charge in [0.1, 0.15) is 17.6 Å². The number of carbonyl (C=O) groups is 2. The van der Waals surface area contributed by atoms with Gasteiger partial charge in [0.15, 0.2) is 0 Å². The molecule has 1 aliphatic heterocycles. The molecule has 9 heteroatoms. The van der Waals surface area contributed by atoms with E-state index in [1.807, 2.05) is 29.2 Å². The summed E-state index contributed by atoms with van der Waals surface area (Å²) in [5, 5.41) is 11.3. The molecule has 5 rings (SSSR count). The molecular formula is C26H27FN6O2. The third-order valence-electron chi connectivity index (χ3n) is 6.63. The number of allylic oxidation sites excluding steroid dienone is 2. The number of carbonyl (C=O) groups excluding carboxylic acids is 2. The molecule has 1 unspecified atom stereocenters. The van der Waals surface area contributed by atoms with Gasteiger partial charge < -0.3 is 11.1 Å². The standard InChI is InChI=1S/C26H27FN6O2/c27-21-6-2-1-5-19(21)24(25(28)34)33-13-3-4-18(15-33)30-26(35)17-7-8-22-20(14-17)23(32-31-22)16-9-11-29-12-10-16/h5-12,14,18,24H,1-4,13,15H2,(H2,28,34)(H,30,35)(H,31,32)/t18-,24?/m1/s1. The van der Waals surface area contributed by atoms with E-state index < -0.39 is 11.9 Å². The number of aromatic amines is 1. The van der Waals surface area contributed by atoms with Gasteiger partial charge in [-0.3, -0.25) is 24.6 Å². The van der Waals surface area contributed by atoms with Gasteiger partial charge in [0.2, 0.25) is 5.91 Å². The summed E-state index contributed by atoms with van der Waals surface area (Å²) in [7, 11) is 0. The van der Waals surface area contributed by atoms with Crippen molar-refractivity contribution in [3.63, 3.8) is 0 Å². The van der Waals surface area contributed by atoms with E-state index in [0.717, 1.165) is 35.0 Å². The van der Waals surface area contributed by atoms with Crippen LogP contribution in [0.25, 0.3) is 22.2 Å². The minimum atomic E-state index is -0.837. The Balaban J connectivity index is 1.33. The fraction of sp³-hybridized carbons (Fsp3) is 0.308. The summed E-state index contributed by atoms with van der Waals surface area (Å²) in [6.07, 6.45) is 9.48. The van der Waals surface area contributed by atoms with E-state index in [0.29, 0.717) is 37.1 Å². The van der Waals surface area contributed by atoms with Crippen LogP contribution in [0.5, 0.6) is 0 Å². The van der Waals surface area contributed by atoms with Crippen LogP contribution in [0.4, 0.5) is 4.39 Å². The number of hydrogen-bond acceptors (Lipinski definition) is 5. The van der Waals surface area contributed by atoms with E-state index in [2.05, 4.69) is 20.5 Å². The van der Waals surface area contributed by atoms with Crippen LogP contribution in [0.15, 0.2) is 66.3 Å². The summed E-state index contributed by atoms with van der Waals surface area (Å²) in [5.74, 6) is -1.17. The van der Waals surface area contributed by atoms with Gasteiger partial charge >= 0.3 is 0 Å². The number of piperidine rings is 1. The maximum absolute atomic E-state index is 14.5. The lowest BCUT2D eigenvalue weighted by Gasteiger charge is -2.38. The van der Waals surface area contributed by atoms with Crippen molar-refractivity contribution in [1.29, 1.82) is 0 Å². The maximum Gasteiger partial charge on any atom is 0.251 e. The maximum atomic E-state index is 14.5. The van der Waals surface area contributed by atoms with Crippen molar-refractivity contribution in [2.45, 2.75) is 37.8 Å². The Morgan fingerprint density at radius 1 is 1.17 bits per heavy atom.